The van der Waals surface area contributed by atoms with E-state index in [2.05, 4.69) is 70.8 Å². The first-order chi connectivity index (χ1) is 14.7. The number of amides is 1. The topological polar surface area (TPSA) is 48.1 Å². The van der Waals surface area contributed by atoms with Gasteiger partial charge in [0.15, 0.2) is 0 Å². The van der Waals surface area contributed by atoms with Gasteiger partial charge in [-0.25, -0.2) is 0 Å². The zero-order chi connectivity index (χ0) is 20.8. The minimum absolute atomic E-state index is 0.126. The molecule has 0 unspecified atom stereocenters. The maximum Gasteiger partial charge on any atom is 0.220 e. The molecule has 1 atom stereocenters. The molecule has 4 nitrogen and oxygen atoms in total. The van der Waals surface area contributed by atoms with Crippen LogP contribution in [-0.4, -0.2) is 28.4 Å². The largest absolute Gasteiger partial charge is 0.361 e. The molecule has 158 valence electrons. The number of benzene rings is 2. The van der Waals surface area contributed by atoms with Crippen LogP contribution < -0.4 is 5.32 Å². The standard InChI is InChI=1S/C26H33N3O/c1-20-7-4-5-16-29(20)19-22-14-12-21(13-15-22)17-28-26(30)11-6-8-23-18-27-25-10-3-2-9-24(23)25/h2-3,9-10,12-15,18,20,27H,4-8,11,16-17,19H2,1H3,(H,28,30)/t20-/m0/s1. The lowest BCUT2D eigenvalue weighted by Crippen LogP contribution is -2.36. The van der Waals surface area contributed by atoms with Crippen LogP contribution in [0.2, 0.25) is 0 Å². The average Bonchev–Trinajstić information content (AvgIpc) is 3.18. The molecular formula is C26H33N3O. The Labute approximate surface area is 179 Å². The second-order valence-electron chi connectivity index (χ2n) is 8.62. The number of nitrogens with zero attached hydrogens (tertiary/aromatic N) is 1. The van der Waals surface area contributed by atoms with E-state index >= 15 is 0 Å². The number of nitrogens with one attached hydrogen (secondary N) is 2. The first kappa shape index (κ1) is 20.7. The fraction of sp³-hybridized carbons (Fsp3) is 0.423. The van der Waals surface area contributed by atoms with Gasteiger partial charge in [-0.2, -0.15) is 0 Å². The van der Waals surface area contributed by atoms with Gasteiger partial charge in [0.1, 0.15) is 0 Å². The number of aromatic amines is 1. The second-order valence-corrected chi connectivity index (χ2v) is 8.62. The van der Waals surface area contributed by atoms with Crippen molar-refractivity contribution in [3.05, 3.63) is 71.4 Å². The Morgan fingerprint density at radius 2 is 1.90 bits per heavy atom. The van der Waals surface area contributed by atoms with Crippen LogP contribution in [0, 0.1) is 0 Å². The lowest BCUT2D eigenvalue weighted by molar-refractivity contribution is -0.121. The molecule has 1 amide bonds. The predicted octanol–water partition coefficient (Wildman–Crippen LogP) is 5.18. The van der Waals surface area contributed by atoms with Crippen molar-refractivity contribution in [2.45, 2.75) is 64.6 Å². The molecule has 3 aromatic rings. The summed E-state index contributed by atoms with van der Waals surface area (Å²) in [6.45, 7) is 5.17. The molecule has 2 heterocycles. The van der Waals surface area contributed by atoms with Crippen molar-refractivity contribution < 1.29 is 4.79 Å². The molecule has 0 spiro atoms. The van der Waals surface area contributed by atoms with Crippen LogP contribution in [0.5, 0.6) is 0 Å². The highest BCUT2D eigenvalue weighted by atomic mass is 16.1. The van der Waals surface area contributed by atoms with Crippen LogP contribution in [0.1, 0.15) is 55.7 Å². The van der Waals surface area contributed by atoms with Crippen LogP contribution in [0.25, 0.3) is 10.9 Å². The summed E-state index contributed by atoms with van der Waals surface area (Å²) in [6.07, 6.45) is 8.39. The molecule has 1 saturated heterocycles. The molecule has 0 saturated carbocycles. The van der Waals surface area contributed by atoms with Crippen molar-refractivity contribution in [3.8, 4) is 0 Å². The number of likely N-dealkylation sites (tertiary alicyclic amines) is 1. The number of carbonyl (C=O) groups is 1. The Balaban J connectivity index is 1.19. The number of aryl methyl sites for hydroxylation is 1. The molecule has 1 aromatic heterocycles. The van der Waals surface area contributed by atoms with Gasteiger partial charge in [0.05, 0.1) is 0 Å². The Morgan fingerprint density at radius 1 is 1.10 bits per heavy atom. The van der Waals surface area contributed by atoms with Gasteiger partial charge in [0.2, 0.25) is 5.91 Å². The first-order valence-corrected chi connectivity index (χ1v) is 11.3. The fourth-order valence-electron chi connectivity index (χ4n) is 4.46. The molecule has 1 fully saturated rings. The summed E-state index contributed by atoms with van der Waals surface area (Å²) in [5.41, 5.74) is 4.97. The molecule has 30 heavy (non-hydrogen) atoms. The van der Waals surface area contributed by atoms with Gasteiger partial charge in [0.25, 0.3) is 0 Å². The summed E-state index contributed by atoms with van der Waals surface area (Å²) in [6, 6.07) is 17.7. The quantitative estimate of drug-likeness (QED) is 0.544. The van der Waals surface area contributed by atoms with E-state index in [1.807, 2.05) is 6.07 Å². The molecule has 2 N–H and O–H groups in total. The summed E-state index contributed by atoms with van der Waals surface area (Å²) in [5, 5.41) is 4.33. The Morgan fingerprint density at radius 3 is 2.73 bits per heavy atom. The van der Waals surface area contributed by atoms with E-state index in [0.29, 0.717) is 19.0 Å². The SMILES string of the molecule is C[C@H]1CCCCN1Cc1ccc(CNC(=O)CCCc2c[nH]c3ccccc23)cc1. The van der Waals surface area contributed by atoms with E-state index in [0.717, 1.165) is 30.5 Å². The maximum absolute atomic E-state index is 12.2. The highest BCUT2D eigenvalue weighted by Crippen LogP contribution is 2.20. The van der Waals surface area contributed by atoms with E-state index < -0.39 is 0 Å². The highest BCUT2D eigenvalue weighted by Gasteiger charge is 2.17. The number of rotatable bonds is 8. The van der Waals surface area contributed by atoms with Crippen molar-refractivity contribution >= 4 is 16.8 Å². The molecule has 0 radical (unpaired) electrons. The number of aromatic nitrogens is 1. The van der Waals surface area contributed by atoms with Crippen LogP contribution in [0.15, 0.2) is 54.7 Å². The lowest BCUT2D eigenvalue weighted by Gasteiger charge is -2.33. The smallest absolute Gasteiger partial charge is 0.220 e. The molecule has 0 aliphatic carbocycles. The number of carbonyl (C=O) groups excluding carboxylic acids is 1. The Kier molecular flexibility index (Phi) is 6.85. The van der Waals surface area contributed by atoms with E-state index in [9.17, 15) is 4.79 Å². The second kappa shape index (κ2) is 9.94. The average molecular weight is 404 g/mol. The lowest BCUT2D eigenvalue weighted by atomic mass is 10.0. The number of para-hydroxylation sites is 1. The summed E-state index contributed by atoms with van der Waals surface area (Å²) in [5.74, 6) is 0.126. The third kappa shape index (κ3) is 5.31. The van der Waals surface area contributed by atoms with Crippen LogP contribution in [-0.2, 0) is 24.3 Å². The summed E-state index contributed by atoms with van der Waals surface area (Å²) >= 11 is 0. The molecular weight excluding hydrogens is 370 g/mol. The van der Waals surface area contributed by atoms with Gasteiger partial charge >= 0.3 is 0 Å². The van der Waals surface area contributed by atoms with E-state index in [1.54, 1.807) is 0 Å². The third-order valence-electron chi connectivity index (χ3n) is 6.36. The highest BCUT2D eigenvalue weighted by molar-refractivity contribution is 5.83. The van der Waals surface area contributed by atoms with Crippen molar-refractivity contribution in [1.82, 2.24) is 15.2 Å². The van der Waals surface area contributed by atoms with Gasteiger partial charge in [-0.05, 0) is 61.9 Å². The fourth-order valence-corrected chi connectivity index (χ4v) is 4.46. The van der Waals surface area contributed by atoms with Gasteiger partial charge in [-0.15, -0.1) is 0 Å². The number of piperidine rings is 1. The molecule has 2 aromatic carbocycles. The predicted molar refractivity (Wildman–Crippen MR) is 123 cm³/mol. The Bertz CT molecular complexity index is 960. The van der Waals surface area contributed by atoms with Gasteiger partial charge in [0, 0.05) is 42.7 Å². The molecule has 0 bridgehead atoms. The first-order valence-electron chi connectivity index (χ1n) is 11.3. The zero-order valence-corrected chi connectivity index (χ0v) is 18.0. The zero-order valence-electron chi connectivity index (χ0n) is 18.0. The molecule has 4 heteroatoms. The van der Waals surface area contributed by atoms with Crippen LogP contribution in [0.4, 0.5) is 0 Å². The Hall–Kier alpha value is -2.59. The normalized spacial score (nSPS) is 17.3. The molecule has 1 aliphatic heterocycles. The minimum Gasteiger partial charge on any atom is -0.361 e. The number of fused-ring (bicyclic) bond motifs is 1. The van der Waals surface area contributed by atoms with E-state index in [-0.39, 0.29) is 5.91 Å². The van der Waals surface area contributed by atoms with Gasteiger partial charge in [-0.1, -0.05) is 48.9 Å². The van der Waals surface area contributed by atoms with Crippen molar-refractivity contribution in [2.75, 3.05) is 6.54 Å². The van der Waals surface area contributed by atoms with Crippen molar-refractivity contribution in [1.29, 1.82) is 0 Å². The summed E-state index contributed by atoms with van der Waals surface area (Å²) < 4.78 is 0. The minimum atomic E-state index is 0.126. The van der Waals surface area contributed by atoms with Crippen molar-refractivity contribution in [3.63, 3.8) is 0 Å². The molecule has 1 aliphatic rings. The molecule has 4 rings (SSSR count). The van der Waals surface area contributed by atoms with Crippen LogP contribution >= 0.6 is 0 Å². The number of hydrogen-bond acceptors (Lipinski definition) is 2. The number of hydrogen-bond donors (Lipinski definition) is 2. The maximum atomic E-state index is 12.2. The summed E-state index contributed by atoms with van der Waals surface area (Å²) in [4.78, 5) is 18.1. The summed E-state index contributed by atoms with van der Waals surface area (Å²) in [7, 11) is 0. The third-order valence-corrected chi connectivity index (χ3v) is 6.36. The van der Waals surface area contributed by atoms with Crippen LogP contribution in [0.3, 0.4) is 0 Å². The van der Waals surface area contributed by atoms with Gasteiger partial charge in [-0.3, -0.25) is 9.69 Å². The monoisotopic (exact) mass is 403 g/mol. The van der Waals surface area contributed by atoms with E-state index in [4.69, 9.17) is 0 Å². The number of H-pyrrole nitrogens is 1. The van der Waals surface area contributed by atoms with Gasteiger partial charge < -0.3 is 10.3 Å². The van der Waals surface area contributed by atoms with E-state index in [1.165, 1.54) is 42.3 Å². The van der Waals surface area contributed by atoms with Crippen molar-refractivity contribution in [2.24, 2.45) is 0 Å².